The minimum atomic E-state index is -0.0402. The summed E-state index contributed by atoms with van der Waals surface area (Å²) in [6, 6.07) is 22.6. The average molecular weight is 383 g/mol. The first kappa shape index (κ1) is 19.1. The lowest BCUT2D eigenvalue weighted by molar-refractivity contribution is -0.133. The second kappa shape index (κ2) is 8.04. The Morgan fingerprint density at radius 3 is 2.24 bits per heavy atom. The molecule has 2 heterocycles. The number of hydrogen-bond acceptors (Lipinski definition) is 2. The molecule has 0 spiro atoms. The Morgan fingerprint density at radius 1 is 0.966 bits per heavy atom. The number of carbonyl (C=O) groups is 1. The number of carbonyl (C=O) groups excluding carboxylic acids is 1. The van der Waals surface area contributed by atoms with Crippen LogP contribution in [0.4, 0.5) is 0 Å². The number of aryl methyl sites for hydroxylation is 1. The molecule has 2 aromatic carbocycles. The molecule has 4 rings (SSSR count). The van der Waals surface area contributed by atoms with Crippen LogP contribution in [0.2, 0.25) is 0 Å². The van der Waals surface area contributed by atoms with Crippen LogP contribution in [0.25, 0.3) is 11.3 Å². The van der Waals surface area contributed by atoms with Crippen LogP contribution in [0.3, 0.4) is 0 Å². The first-order valence-corrected chi connectivity index (χ1v) is 10.1. The lowest BCUT2D eigenvalue weighted by atomic mass is 9.87. The first-order valence-electron chi connectivity index (χ1n) is 10.1. The molecule has 0 N–H and O–H groups in total. The summed E-state index contributed by atoms with van der Waals surface area (Å²) in [6.07, 6.45) is 5.01. The molecule has 1 aromatic heterocycles. The monoisotopic (exact) mass is 382 g/mol. The molecule has 0 saturated heterocycles. The third kappa shape index (κ3) is 3.73. The molecule has 0 bridgehead atoms. The summed E-state index contributed by atoms with van der Waals surface area (Å²) in [5.74, 6) is 0.0843. The van der Waals surface area contributed by atoms with Gasteiger partial charge in [-0.2, -0.15) is 0 Å². The van der Waals surface area contributed by atoms with E-state index in [1.165, 1.54) is 5.57 Å². The SMILES string of the molecule is CC(=O)N1[C@@H](c2ccccc2)C(C)=CC[C@H]1c1cnc(-c2ccccc2)c(C)c1. The van der Waals surface area contributed by atoms with Crippen molar-refractivity contribution in [3.63, 3.8) is 0 Å². The standard InChI is InChI=1S/C26H26N2O/c1-18-14-15-24(28(20(3)29)26(18)22-12-8-5-9-13-22)23-16-19(2)25(27-17-23)21-10-6-4-7-11-21/h4-14,16-17,24,26H,15H2,1-3H3/t24-,26+/m0/s1. The van der Waals surface area contributed by atoms with Gasteiger partial charge in [0.15, 0.2) is 0 Å². The second-order valence-electron chi connectivity index (χ2n) is 7.74. The van der Waals surface area contributed by atoms with Gasteiger partial charge in [0.2, 0.25) is 5.91 Å². The molecule has 0 radical (unpaired) electrons. The van der Waals surface area contributed by atoms with Crippen LogP contribution < -0.4 is 0 Å². The van der Waals surface area contributed by atoms with Gasteiger partial charge in [0.25, 0.3) is 0 Å². The highest BCUT2D eigenvalue weighted by atomic mass is 16.2. The smallest absolute Gasteiger partial charge is 0.220 e. The Labute approximate surface area is 172 Å². The Hall–Kier alpha value is -3.20. The molecular weight excluding hydrogens is 356 g/mol. The van der Waals surface area contributed by atoms with Gasteiger partial charge in [-0.3, -0.25) is 9.78 Å². The molecule has 0 aliphatic carbocycles. The molecule has 1 amide bonds. The van der Waals surface area contributed by atoms with E-state index in [2.05, 4.69) is 50.3 Å². The number of rotatable bonds is 3. The van der Waals surface area contributed by atoms with Gasteiger partial charge in [0.1, 0.15) is 0 Å². The van der Waals surface area contributed by atoms with Gasteiger partial charge in [-0.1, -0.05) is 78.4 Å². The molecule has 0 unspecified atom stereocenters. The normalized spacial score (nSPS) is 19.0. The van der Waals surface area contributed by atoms with Crippen molar-refractivity contribution in [3.05, 3.63) is 101 Å². The predicted octanol–water partition coefficient (Wildman–Crippen LogP) is 6.04. The quantitative estimate of drug-likeness (QED) is 0.518. The largest absolute Gasteiger partial charge is 0.325 e. The maximum atomic E-state index is 12.8. The summed E-state index contributed by atoms with van der Waals surface area (Å²) in [5.41, 5.74) is 6.68. The molecule has 2 atom stereocenters. The summed E-state index contributed by atoms with van der Waals surface area (Å²) in [5, 5.41) is 0. The van der Waals surface area contributed by atoms with Gasteiger partial charge in [-0.05, 0) is 37.0 Å². The van der Waals surface area contributed by atoms with Crippen molar-refractivity contribution in [1.29, 1.82) is 0 Å². The number of amides is 1. The van der Waals surface area contributed by atoms with Crippen molar-refractivity contribution in [2.45, 2.75) is 39.3 Å². The zero-order chi connectivity index (χ0) is 20.4. The summed E-state index contributed by atoms with van der Waals surface area (Å²) in [7, 11) is 0. The molecule has 146 valence electrons. The highest BCUT2D eigenvalue weighted by molar-refractivity contribution is 5.75. The van der Waals surface area contributed by atoms with Crippen molar-refractivity contribution in [3.8, 4) is 11.3 Å². The fraction of sp³-hybridized carbons (Fsp3) is 0.231. The topological polar surface area (TPSA) is 33.2 Å². The van der Waals surface area contributed by atoms with Gasteiger partial charge in [0.05, 0.1) is 17.8 Å². The minimum Gasteiger partial charge on any atom is -0.325 e. The van der Waals surface area contributed by atoms with Gasteiger partial charge in [0, 0.05) is 18.7 Å². The fourth-order valence-electron chi connectivity index (χ4n) is 4.36. The molecular formula is C26H26N2O. The molecule has 1 aliphatic rings. The zero-order valence-electron chi connectivity index (χ0n) is 17.2. The third-order valence-electron chi connectivity index (χ3n) is 5.72. The molecule has 3 heteroatoms. The average Bonchev–Trinajstić information content (AvgIpc) is 2.74. The molecule has 29 heavy (non-hydrogen) atoms. The molecule has 0 fully saturated rings. The zero-order valence-corrected chi connectivity index (χ0v) is 17.2. The van der Waals surface area contributed by atoms with E-state index in [4.69, 9.17) is 4.98 Å². The Bertz CT molecular complexity index is 1040. The summed E-state index contributed by atoms with van der Waals surface area (Å²) in [6.45, 7) is 5.88. The number of nitrogens with zero attached hydrogens (tertiary/aromatic N) is 2. The van der Waals surface area contributed by atoms with E-state index < -0.39 is 0 Å². The number of benzene rings is 2. The van der Waals surface area contributed by atoms with Crippen LogP contribution >= 0.6 is 0 Å². The first-order chi connectivity index (χ1) is 14.1. The summed E-state index contributed by atoms with van der Waals surface area (Å²) in [4.78, 5) is 19.6. The Morgan fingerprint density at radius 2 is 1.62 bits per heavy atom. The lowest BCUT2D eigenvalue weighted by Crippen LogP contribution is -2.39. The van der Waals surface area contributed by atoms with Gasteiger partial charge < -0.3 is 4.90 Å². The number of hydrogen-bond donors (Lipinski definition) is 0. The predicted molar refractivity (Wildman–Crippen MR) is 117 cm³/mol. The number of pyridine rings is 1. The van der Waals surface area contributed by atoms with Crippen LogP contribution in [0.15, 0.2) is 84.6 Å². The van der Waals surface area contributed by atoms with Gasteiger partial charge >= 0.3 is 0 Å². The highest BCUT2D eigenvalue weighted by Gasteiger charge is 2.34. The van der Waals surface area contributed by atoms with E-state index in [1.54, 1.807) is 6.92 Å². The maximum absolute atomic E-state index is 12.8. The summed E-state index contributed by atoms with van der Waals surface area (Å²) >= 11 is 0. The molecule has 3 nitrogen and oxygen atoms in total. The minimum absolute atomic E-state index is 0.0163. The third-order valence-corrected chi connectivity index (χ3v) is 5.72. The molecule has 1 aliphatic heterocycles. The summed E-state index contributed by atoms with van der Waals surface area (Å²) < 4.78 is 0. The molecule has 3 aromatic rings. The van der Waals surface area contributed by atoms with E-state index in [0.717, 1.165) is 34.4 Å². The second-order valence-corrected chi connectivity index (χ2v) is 7.74. The van der Waals surface area contributed by atoms with Crippen molar-refractivity contribution in [1.82, 2.24) is 9.88 Å². The van der Waals surface area contributed by atoms with Crippen LogP contribution in [0.5, 0.6) is 0 Å². The van der Waals surface area contributed by atoms with E-state index in [0.29, 0.717) is 0 Å². The lowest BCUT2D eigenvalue weighted by Gasteiger charge is -2.42. The van der Waals surface area contributed by atoms with E-state index in [-0.39, 0.29) is 18.0 Å². The van der Waals surface area contributed by atoms with Crippen molar-refractivity contribution >= 4 is 5.91 Å². The van der Waals surface area contributed by atoms with Crippen LogP contribution in [-0.4, -0.2) is 15.8 Å². The highest BCUT2D eigenvalue weighted by Crippen LogP contribution is 2.42. The molecule has 0 saturated carbocycles. The maximum Gasteiger partial charge on any atom is 0.220 e. The van der Waals surface area contributed by atoms with Crippen LogP contribution in [-0.2, 0) is 4.79 Å². The Kier molecular flexibility index (Phi) is 5.30. The van der Waals surface area contributed by atoms with Crippen molar-refractivity contribution in [2.24, 2.45) is 0 Å². The van der Waals surface area contributed by atoms with Crippen LogP contribution in [0.1, 0.15) is 49.0 Å². The van der Waals surface area contributed by atoms with Crippen molar-refractivity contribution in [2.75, 3.05) is 0 Å². The number of aromatic nitrogens is 1. The van der Waals surface area contributed by atoms with E-state index in [1.807, 2.05) is 47.5 Å². The van der Waals surface area contributed by atoms with E-state index in [9.17, 15) is 4.79 Å². The van der Waals surface area contributed by atoms with Crippen LogP contribution in [0, 0.1) is 6.92 Å². The van der Waals surface area contributed by atoms with Gasteiger partial charge in [-0.15, -0.1) is 0 Å². The van der Waals surface area contributed by atoms with Gasteiger partial charge in [-0.25, -0.2) is 0 Å². The van der Waals surface area contributed by atoms with E-state index >= 15 is 0 Å². The van der Waals surface area contributed by atoms with Crippen molar-refractivity contribution < 1.29 is 4.79 Å². The fourth-order valence-corrected chi connectivity index (χ4v) is 4.36. The Balaban J connectivity index is 1.74.